The van der Waals surface area contributed by atoms with Crippen molar-refractivity contribution in [3.8, 4) is 17.3 Å². The fourth-order valence-electron chi connectivity index (χ4n) is 3.08. The number of para-hydroxylation sites is 1. The van der Waals surface area contributed by atoms with Crippen molar-refractivity contribution in [2.24, 2.45) is 0 Å². The Hall–Kier alpha value is -3.50. The lowest BCUT2D eigenvalue weighted by Crippen LogP contribution is -2.32. The van der Waals surface area contributed by atoms with E-state index < -0.39 is 0 Å². The van der Waals surface area contributed by atoms with Crippen LogP contribution in [0.4, 0.5) is 10.8 Å². The molecule has 0 aliphatic rings. The number of nitriles is 1. The molecule has 0 spiro atoms. The van der Waals surface area contributed by atoms with E-state index in [0.29, 0.717) is 11.7 Å². The van der Waals surface area contributed by atoms with Gasteiger partial charge in [-0.05, 0) is 24.1 Å². The standard InChI is InChI=1S/C24H24N4O2S/c1-2-18-9-11-19(12-10-18)21-17-31-24(26-21)27-22(29)13-14-23(30)28(16-6-15-25)20-7-4-3-5-8-20/h3-5,7-12,17H,2,6,13-14,16H2,1H3,(H,26,27,29). The molecule has 31 heavy (non-hydrogen) atoms. The van der Waals surface area contributed by atoms with Gasteiger partial charge in [0.1, 0.15) is 0 Å². The van der Waals surface area contributed by atoms with Gasteiger partial charge < -0.3 is 10.2 Å². The lowest BCUT2D eigenvalue weighted by Gasteiger charge is -2.21. The van der Waals surface area contributed by atoms with Gasteiger partial charge in [-0.2, -0.15) is 5.26 Å². The largest absolute Gasteiger partial charge is 0.311 e. The third-order valence-electron chi connectivity index (χ3n) is 4.79. The number of nitrogens with zero attached hydrogens (tertiary/aromatic N) is 3. The molecule has 3 rings (SSSR count). The molecule has 1 N–H and O–H groups in total. The number of anilines is 2. The second-order valence-electron chi connectivity index (χ2n) is 6.93. The Morgan fingerprint density at radius 2 is 1.84 bits per heavy atom. The summed E-state index contributed by atoms with van der Waals surface area (Å²) in [5.41, 5.74) is 3.80. The molecular formula is C24H24N4O2S. The summed E-state index contributed by atoms with van der Waals surface area (Å²) in [4.78, 5) is 31.1. The van der Waals surface area contributed by atoms with Crippen LogP contribution < -0.4 is 10.2 Å². The van der Waals surface area contributed by atoms with Crippen LogP contribution in [0.15, 0.2) is 60.0 Å². The zero-order valence-electron chi connectivity index (χ0n) is 17.4. The smallest absolute Gasteiger partial charge is 0.227 e. The van der Waals surface area contributed by atoms with Crippen LogP contribution in [0.3, 0.4) is 0 Å². The Morgan fingerprint density at radius 3 is 2.52 bits per heavy atom. The Labute approximate surface area is 186 Å². The number of aromatic nitrogens is 1. The highest BCUT2D eigenvalue weighted by molar-refractivity contribution is 7.14. The second kappa shape index (κ2) is 11.0. The van der Waals surface area contributed by atoms with Gasteiger partial charge in [0, 0.05) is 36.0 Å². The second-order valence-corrected chi connectivity index (χ2v) is 7.78. The Morgan fingerprint density at radius 1 is 1.10 bits per heavy atom. The third-order valence-corrected chi connectivity index (χ3v) is 5.55. The van der Waals surface area contributed by atoms with Crippen molar-refractivity contribution < 1.29 is 9.59 Å². The molecule has 1 heterocycles. The predicted octanol–water partition coefficient (Wildman–Crippen LogP) is 5.04. The van der Waals surface area contributed by atoms with E-state index in [9.17, 15) is 9.59 Å². The molecule has 0 saturated carbocycles. The van der Waals surface area contributed by atoms with Gasteiger partial charge in [-0.3, -0.25) is 9.59 Å². The fourth-order valence-corrected chi connectivity index (χ4v) is 3.82. The highest BCUT2D eigenvalue weighted by Crippen LogP contribution is 2.25. The van der Waals surface area contributed by atoms with E-state index in [1.165, 1.54) is 16.9 Å². The van der Waals surface area contributed by atoms with Crippen LogP contribution in [0.1, 0.15) is 31.7 Å². The zero-order chi connectivity index (χ0) is 22.1. The molecule has 0 radical (unpaired) electrons. The SMILES string of the molecule is CCc1ccc(-c2csc(NC(=O)CCC(=O)N(CCC#N)c3ccccc3)n2)cc1. The fraction of sp³-hybridized carbons (Fsp3) is 0.250. The van der Waals surface area contributed by atoms with E-state index in [1.807, 2.05) is 47.8 Å². The molecule has 0 fully saturated rings. The van der Waals surface area contributed by atoms with E-state index in [4.69, 9.17) is 5.26 Å². The van der Waals surface area contributed by atoms with Crippen molar-refractivity contribution in [1.82, 2.24) is 4.98 Å². The Balaban J connectivity index is 1.56. The molecule has 3 aromatic rings. The number of rotatable bonds is 9. The number of benzene rings is 2. The number of hydrogen-bond donors (Lipinski definition) is 1. The van der Waals surface area contributed by atoms with Gasteiger partial charge >= 0.3 is 0 Å². The summed E-state index contributed by atoms with van der Waals surface area (Å²) in [6.07, 6.45) is 1.32. The van der Waals surface area contributed by atoms with E-state index >= 15 is 0 Å². The Kier molecular flexibility index (Phi) is 7.91. The summed E-state index contributed by atoms with van der Waals surface area (Å²) in [6.45, 7) is 2.41. The summed E-state index contributed by atoms with van der Waals surface area (Å²) in [5, 5.41) is 14.1. The van der Waals surface area contributed by atoms with Gasteiger partial charge in [0.25, 0.3) is 0 Å². The van der Waals surface area contributed by atoms with Gasteiger partial charge in [-0.15, -0.1) is 11.3 Å². The molecule has 1 aromatic heterocycles. The molecule has 0 unspecified atom stereocenters. The van der Waals surface area contributed by atoms with Crippen LogP contribution in [0.2, 0.25) is 0 Å². The van der Waals surface area contributed by atoms with Crippen LogP contribution >= 0.6 is 11.3 Å². The minimum atomic E-state index is -0.260. The summed E-state index contributed by atoms with van der Waals surface area (Å²) in [6, 6.07) is 19.4. The van der Waals surface area contributed by atoms with E-state index in [1.54, 1.807) is 4.90 Å². The van der Waals surface area contributed by atoms with Crippen LogP contribution in [0, 0.1) is 11.3 Å². The van der Waals surface area contributed by atoms with E-state index in [0.717, 1.165) is 23.4 Å². The van der Waals surface area contributed by atoms with Crippen LogP contribution in [-0.4, -0.2) is 23.3 Å². The molecule has 7 heteroatoms. The molecule has 0 atom stereocenters. The highest BCUT2D eigenvalue weighted by atomic mass is 32.1. The van der Waals surface area contributed by atoms with Crippen molar-refractivity contribution in [2.75, 3.05) is 16.8 Å². The van der Waals surface area contributed by atoms with Gasteiger partial charge in [-0.25, -0.2) is 4.98 Å². The molecule has 2 amide bonds. The van der Waals surface area contributed by atoms with Crippen molar-refractivity contribution in [3.05, 3.63) is 65.5 Å². The first-order valence-electron chi connectivity index (χ1n) is 10.2. The number of thiazole rings is 1. The maximum absolute atomic E-state index is 12.7. The average Bonchev–Trinajstić information content (AvgIpc) is 3.27. The van der Waals surface area contributed by atoms with Crippen molar-refractivity contribution in [1.29, 1.82) is 5.26 Å². The Bertz CT molecular complexity index is 1060. The first kappa shape index (κ1) is 22.2. The number of carbonyl (C=O) groups excluding carboxylic acids is 2. The van der Waals surface area contributed by atoms with Gasteiger partial charge in [0.2, 0.25) is 11.8 Å². The molecule has 0 saturated heterocycles. The number of nitrogens with one attached hydrogen (secondary N) is 1. The number of hydrogen-bond acceptors (Lipinski definition) is 5. The van der Waals surface area contributed by atoms with Gasteiger partial charge in [-0.1, -0.05) is 49.4 Å². The molecule has 6 nitrogen and oxygen atoms in total. The molecule has 0 aliphatic heterocycles. The molecule has 0 aliphatic carbocycles. The molecule has 2 aromatic carbocycles. The lowest BCUT2D eigenvalue weighted by atomic mass is 10.1. The number of aryl methyl sites for hydroxylation is 1. The van der Waals surface area contributed by atoms with E-state index in [2.05, 4.69) is 35.4 Å². The predicted molar refractivity (Wildman–Crippen MR) is 124 cm³/mol. The third kappa shape index (κ3) is 6.24. The first-order valence-corrected chi connectivity index (χ1v) is 11.1. The highest BCUT2D eigenvalue weighted by Gasteiger charge is 2.17. The monoisotopic (exact) mass is 432 g/mol. The van der Waals surface area contributed by atoms with Crippen LogP contribution in [0.5, 0.6) is 0 Å². The lowest BCUT2D eigenvalue weighted by molar-refractivity contribution is -0.122. The normalized spacial score (nSPS) is 10.3. The quantitative estimate of drug-likeness (QED) is 0.513. The summed E-state index contributed by atoms with van der Waals surface area (Å²) in [5.74, 6) is -0.448. The minimum absolute atomic E-state index is 0.0504. The van der Waals surface area contributed by atoms with Crippen LogP contribution in [0.25, 0.3) is 11.3 Å². The van der Waals surface area contributed by atoms with Crippen molar-refractivity contribution in [3.63, 3.8) is 0 Å². The zero-order valence-corrected chi connectivity index (χ0v) is 18.2. The van der Waals surface area contributed by atoms with Crippen molar-refractivity contribution in [2.45, 2.75) is 32.6 Å². The topological polar surface area (TPSA) is 86.1 Å². The van der Waals surface area contributed by atoms with Gasteiger partial charge in [0.15, 0.2) is 5.13 Å². The molecule has 158 valence electrons. The molecular weight excluding hydrogens is 408 g/mol. The number of carbonyl (C=O) groups is 2. The van der Waals surface area contributed by atoms with E-state index in [-0.39, 0.29) is 31.1 Å². The summed E-state index contributed by atoms with van der Waals surface area (Å²) >= 11 is 1.36. The van der Waals surface area contributed by atoms with Gasteiger partial charge in [0.05, 0.1) is 18.2 Å². The maximum Gasteiger partial charge on any atom is 0.227 e. The minimum Gasteiger partial charge on any atom is -0.311 e. The maximum atomic E-state index is 12.7. The van der Waals surface area contributed by atoms with Crippen molar-refractivity contribution >= 4 is 34.0 Å². The summed E-state index contributed by atoms with van der Waals surface area (Å²) in [7, 11) is 0. The van der Waals surface area contributed by atoms with Crippen LogP contribution in [-0.2, 0) is 16.0 Å². The number of amides is 2. The summed E-state index contributed by atoms with van der Waals surface area (Å²) < 4.78 is 0. The average molecular weight is 433 g/mol. The first-order chi connectivity index (χ1) is 15.1. The molecule has 0 bridgehead atoms.